The first-order chi connectivity index (χ1) is 13.4. The second kappa shape index (κ2) is 26.9. The number of hydrogen-bond acceptors (Lipinski definition) is 18. The molecule has 0 heterocycles. The van der Waals surface area contributed by atoms with Crippen LogP contribution in [0.3, 0.4) is 0 Å². The molecular weight excluding hydrogens is 622 g/mol. The van der Waals surface area contributed by atoms with Crippen LogP contribution in [0.25, 0.3) is 0 Å². The Morgan fingerprint density at radius 3 is 0.441 bits per heavy atom. The third-order valence-corrected chi connectivity index (χ3v) is 2.35. The van der Waals surface area contributed by atoms with Crippen molar-refractivity contribution in [1.29, 1.82) is 0 Å². The van der Waals surface area contributed by atoms with Crippen LogP contribution >= 0.6 is 0 Å². The van der Waals surface area contributed by atoms with Crippen molar-refractivity contribution < 1.29 is 227 Å². The summed E-state index contributed by atoms with van der Waals surface area (Å²) >= 11 is 0. The number of aliphatic hydroxyl groups excluding tert-OH is 6. The Balaban J connectivity index is -0.0000000607. The summed E-state index contributed by atoms with van der Waals surface area (Å²) in [7, 11) is 0. The molecule has 0 fully saturated rings. The van der Waals surface area contributed by atoms with Gasteiger partial charge >= 0.3 is 137 Å². The van der Waals surface area contributed by atoms with E-state index in [0.717, 1.165) is 0 Å². The van der Waals surface area contributed by atoms with E-state index in [1.54, 1.807) is 0 Å². The zero-order chi connectivity index (χ0) is 24.9. The number of aliphatic carboxylic acids is 6. The summed E-state index contributed by atoms with van der Waals surface area (Å²) in [4.78, 5) is 57.8. The molecule has 4 unspecified atom stereocenters. The van der Waals surface area contributed by atoms with Crippen molar-refractivity contribution in [2.75, 3.05) is 0 Å². The summed E-state index contributed by atoms with van der Waals surface area (Å²) in [5.41, 5.74) is 0. The normalized spacial score (nSPS) is 13.9. The molecule has 0 aliphatic heterocycles. The third kappa shape index (κ3) is 24.6. The van der Waals surface area contributed by atoms with Crippen LogP contribution in [0.5, 0.6) is 0 Å². The molecule has 0 aromatic rings. The minimum atomic E-state index is -2.44. The summed E-state index contributed by atoms with van der Waals surface area (Å²) in [6.07, 6.45) is -14.6. The Labute approximate surface area is 294 Å². The van der Waals surface area contributed by atoms with Crippen LogP contribution in [0.1, 0.15) is 0 Å². The zero-order valence-electron chi connectivity index (χ0n) is 16.8. The number of carboxylic acid groups (broad SMARTS) is 6. The molecule has 6 N–H and O–H groups in total. The van der Waals surface area contributed by atoms with Gasteiger partial charge in [-0.15, -0.1) is 0 Å². The molecule has 18 nitrogen and oxygen atoms in total. The number of carbonyl (C=O) groups excluding carboxylic acids is 6. The fourth-order valence-electron chi connectivity index (χ4n) is 0.773. The molecule has 34 heavy (non-hydrogen) atoms. The fraction of sp³-hybridized carbons (Fsp3) is 0.500. The zero-order valence-corrected chi connectivity index (χ0v) is 25.2. The predicted molar refractivity (Wildman–Crippen MR) is 66.1 cm³/mol. The van der Waals surface area contributed by atoms with E-state index < -0.39 is 72.4 Å². The molecule has 0 aromatic carbocycles. The average molecular weight is 634 g/mol. The van der Waals surface area contributed by atoms with Gasteiger partial charge in [-0.3, -0.25) is 0 Å². The van der Waals surface area contributed by atoms with Crippen molar-refractivity contribution in [2.45, 2.75) is 36.6 Å². The Bertz CT molecular complexity index is 509. The van der Waals surface area contributed by atoms with E-state index in [1.165, 1.54) is 0 Å². The van der Waals surface area contributed by atoms with Gasteiger partial charge in [0, 0.05) is 0 Å². The van der Waals surface area contributed by atoms with E-state index >= 15 is 0 Å². The molecule has 186 valence electrons. The molecule has 22 heteroatoms. The van der Waals surface area contributed by atoms with Gasteiger partial charge in [-0.25, -0.2) is 0 Å². The number of aliphatic hydroxyl groups is 6. The number of rotatable bonds is 9. The smallest absolute Gasteiger partial charge is 0.547 e. The van der Waals surface area contributed by atoms with Crippen molar-refractivity contribution in [3.8, 4) is 0 Å². The summed E-state index contributed by atoms with van der Waals surface area (Å²) in [6, 6.07) is 0. The minimum absolute atomic E-state index is 0. The van der Waals surface area contributed by atoms with Crippen molar-refractivity contribution >= 4 is 35.8 Å². The Morgan fingerprint density at radius 1 is 0.353 bits per heavy atom. The topological polar surface area (TPSA) is 362 Å². The van der Waals surface area contributed by atoms with Gasteiger partial charge in [0.15, 0.2) is 0 Å². The quantitative estimate of drug-likeness (QED) is 0.128. The van der Waals surface area contributed by atoms with Gasteiger partial charge in [-0.1, -0.05) is 0 Å². The van der Waals surface area contributed by atoms with E-state index in [-0.39, 0.29) is 137 Å². The van der Waals surface area contributed by atoms with Crippen LogP contribution in [0, 0.1) is 0 Å². The maximum Gasteiger partial charge on any atom is 2.00 e. The molecule has 0 aliphatic rings. The van der Waals surface area contributed by atoms with Crippen LogP contribution < -0.4 is 133 Å². The fourth-order valence-corrected chi connectivity index (χ4v) is 0.773. The summed E-state index contributed by atoms with van der Waals surface area (Å²) < 4.78 is 0. The predicted octanol–water partition coefficient (Wildman–Crippen LogP) is -20.4. The van der Waals surface area contributed by atoms with Crippen molar-refractivity contribution in [3.05, 3.63) is 0 Å². The van der Waals surface area contributed by atoms with Gasteiger partial charge in [0.2, 0.25) is 0 Å². The molecule has 0 spiro atoms. The van der Waals surface area contributed by atoms with Gasteiger partial charge in [0.05, 0.1) is 35.8 Å². The van der Waals surface area contributed by atoms with Crippen LogP contribution in [0.2, 0.25) is 0 Å². The second-order valence-corrected chi connectivity index (χ2v) is 4.58. The second-order valence-electron chi connectivity index (χ2n) is 4.58. The van der Waals surface area contributed by atoms with E-state index in [2.05, 4.69) is 0 Å². The largest absolute Gasteiger partial charge is 2.00 e. The van der Waals surface area contributed by atoms with E-state index in [0.29, 0.717) is 0 Å². The SMILES string of the molecule is O=C([O-])C(O)C(O)C(=O)[O-].O=C([O-])C(O)C(O)C(=O)[O-].O=C([O-])[C@H](O)[C@@H](O)C(=O)[O-].[Fe+2].[Fe+2].[K+].[K+]. The monoisotopic (exact) mass is 634 g/mol. The van der Waals surface area contributed by atoms with E-state index in [1.807, 2.05) is 0 Å². The van der Waals surface area contributed by atoms with Crippen LogP contribution in [-0.4, -0.2) is 103 Å². The first-order valence-corrected chi connectivity index (χ1v) is 6.73. The number of carboxylic acids is 6. The van der Waals surface area contributed by atoms with Gasteiger partial charge in [0.1, 0.15) is 36.6 Å². The van der Waals surface area contributed by atoms with Gasteiger partial charge in [0.25, 0.3) is 0 Å². The van der Waals surface area contributed by atoms with Gasteiger partial charge in [-0.2, -0.15) is 0 Å². The molecule has 0 saturated carbocycles. The van der Waals surface area contributed by atoms with Crippen LogP contribution in [-0.2, 0) is 62.9 Å². The maximum absolute atomic E-state index is 9.63. The summed E-state index contributed by atoms with van der Waals surface area (Å²) in [5.74, 6) is -12.4. The molecule has 0 aliphatic carbocycles. The molecule has 0 amide bonds. The van der Waals surface area contributed by atoms with Crippen LogP contribution in [0.15, 0.2) is 0 Å². The third-order valence-electron chi connectivity index (χ3n) is 2.35. The first-order valence-electron chi connectivity index (χ1n) is 6.73. The minimum Gasteiger partial charge on any atom is -0.547 e. The number of hydrogen-bond donors (Lipinski definition) is 6. The van der Waals surface area contributed by atoms with Crippen molar-refractivity contribution in [2.24, 2.45) is 0 Å². The number of carbonyl (C=O) groups is 6. The molecule has 0 saturated heterocycles. The van der Waals surface area contributed by atoms with Crippen molar-refractivity contribution in [1.82, 2.24) is 0 Å². The van der Waals surface area contributed by atoms with Gasteiger partial charge in [-0.05, 0) is 0 Å². The van der Waals surface area contributed by atoms with E-state index in [4.69, 9.17) is 30.6 Å². The molecular formula is C12H12Fe2K2O18. The maximum atomic E-state index is 9.63. The summed E-state index contributed by atoms with van der Waals surface area (Å²) in [5, 5.41) is 107. The molecule has 0 bridgehead atoms. The summed E-state index contributed by atoms with van der Waals surface area (Å²) in [6.45, 7) is 0. The Morgan fingerprint density at radius 2 is 0.412 bits per heavy atom. The molecule has 0 radical (unpaired) electrons. The van der Waals surface area contributed by atoms with E-state index in [9.17, 15) is 59.4 Å². The molecule has 6 atom stereocenters. The van der Waals surface area contributed by atoms with Crippen molar-refractivity contribution in [3.63, 3.8) is 0 Å². The first kappa shape index (κ1) is 51.5. The molecule has 0 rings (SSSR count). The van der Waals surface area contributed by atoms with Crippen LogP contribution in [0.4, 0.5) is 0 Å². The Kier molecular flexibility index (Phi) is 40.8. The van der Waals surface area contributed by atoms with Gasteiger partial charge < -0.3 is 90.0 Å². The molecule has 0 aromatic heterocycles. The Hall–Kier alpha value is 0.892. The standard InChI is InChI=1S/3C4H6O6.2Fe.2K/c3*5-1(3(7)8)2(6)4(9)10;;;;/h3*1-2,5-6H,(H,7,8)(H,9,10);;;;/q;;;2*+2;2*+1/p-6/t1-,2-;;;;;;/m1....../s1. The average Bonchev–Trinajstić information content (AvgIpc) is 2.64.